The second kappa shape index (κ2) is 4.72. The summed E-state index contributed by atoms with van der Waals surface area (Å²) in [5.41, 5.74) is 4.32. The summed E-state index contributed by atoms with van der Waals surface area (Å²) < 4.78 is 5.59. The standard InChI is InChI=1S/C16H24O/c1-10(2)13-7-6-12(4)16-14(13)8-11(3)9-15(16)17-5/h8-10,12-13H,6-7H2,1-5H3/t12-,13-/m1/s1. The Morgan fingerprint density at radius 3 is 2.53 bits per heavy atom. The molecule has 0 heterocycles. The Hall–Kier alpha value is -0.980. The minimum absolute atomic E-state index is 0.635. The van der Waals surface area contributed by atoms with Gasteiger partial charge in [-0.2, -0.15) is 0 Å². The highest BCUT2D eigenvalue weighted by atomic mass is 16.5. The summed E-state index contributed by atoms with van der Waals surface area (Å²) in [5, 5.41) is 0. The van der Waals surface area contributed by atoms with Crippen LogP contribution >= 0.6 is 0 Å². The van der Waals surface area contributed by atoms with Gasteiger partial charge in [0.25, 0.3) is 0 Å². The van der Waals surface area contributed by atoms with Crippen LogP contribution in [0.5, 0.6) is 5.75 Å². The molecule has 0 aromatic heterocycles. The van der Waals surface area contributed by atoms with E-state index >= 15 is 0 Å². The third kappa shape index (κ3) is 2.20. The molecular formula is C16H24O. The van der Waals surface area contributed by atoms with Gasteiger partial charge in [-0.1, -0.05) is 26.8 Å². The second-order valence-corrected chi connectivity index (χ2v) is 5.80. The Balaban J connectivity index is 2.58. The lowest BCUT2D eigenvalue weighted by Crippen LogP contribution is -2.18. The van der Waals surface area contributed by atoms with Crippen LogP contribution in [0.1, 0.15) is 62.1 Å². The monoisotopic (exact) mass is 232 g/mol. The highest BCUT2D eigenvalue weighted by molar-refractivity contribution is 5.48. The Morgan fingerprint density at radius 1 is 1.24 bits per heavy atom. The summed E-state index contributed by atoms with van der Waals surface area (Å²) in [6, 6.07) is 4.55. The summed E-state index contributed by atoms with van der Waals surface area (Å²) in [4.78, 5) is 0. The van der Waals surface area contributed by atoms with E-state index in [-0.39, 0.29) is 0 Å². The molecule has 0 radical (unpaired) electrons. The maximum absolute atomic E-state index is 5.59. The zero-order valence-electron chi connectivity index (χ0n) is 11.7. The maximum Gasteiger partial charge on any atom is 0.122 e. The Bertz CT molecular complexity index is 406. The van der Waals surface area contributed by atoms with Crippen LogP contribution < -0.4 is 4.74 Å². The smallest absolute Gasteiger partial charge is 0.122 e. The fourth-order valence-corrected chi connectivity index (χ4v) is 3.22. The van der Waals surface area contributed by atoms with Gasteiger partial charge in [0.05, 0.1) is 7.11 Å². The van der Waals surface area contributed by atoms with Gasteiger partial charge in [0.1, 0.15) is 5.75 Å². The van der Waals surface area contributed by atoms with E-state index in [1.165, 1.54) is 29.5 Å². The predicted molar refractivity (Wildman–Crippen MR) is 73.0 cm³/mol. The van der Waals surface area contributed by atoms with Crippen LogP contribution in [0.15, 0.2) is 12.1 Å². The van der Waals surface area contributed by atoms with Crippen LogP contribution in [0.2, 0.25) is 0 Å². The van der Waals surface area contributed by atoms with Crippen molar-refractivity contribution in [1.82, 2.24) is 0 Å². The van der Waals surface area contributed by atoms with Crippen molar-refractivity contribution in [3.05, 3.63) is 28.8 Å². The van der Waals surface area contributed by atoms with Gasteiger partial charge < -0.3 is 4.74 Å². The summed E-state index contributed by atoms with van der Waals surface area (Å²) in [5.74, 6) is 3.15. The van der Waals surface area contributed by atoms with Crippen LogP contribution in [0.3, 0.4) is 0 Å². The minimum atomic E-state index is 0.635. The average Bonchev–Trinajstić information content (AvgIpc) is 2.27. The SMILES string of the molecule is COc1cc(C)cc2c1[C@H](C)CC[C@@H]2C(C)C. The zero-order chi connectivity index (χ0) is 12.6. The topological polar surface area (TPSA) is 9.23 Å². The van der Waals surface area contributed by atoms with Crippen molar-refractivity contribution in [1.29, 1.82) is 0 Å². The first-order valence-corrected chi connectivity index (χ1v) is 6.73. The lowest BCUT2D eigenvalue weighted by Gasteiger charge is -2.33. The van der Waals surface area contributed by atoms with Crippen molar-refractivity contribution >= 4 is 0 Å². The molecule has 0 spiro atoms. The molecule has 1 aliphatic rings. The van der Waals surface area contributed by atoms with E-state index in [1.54, 1.807) is 7.11 Å². The first-order valence-electron chi connectivity index (χ1n) is 6.73. The van der Waals surface area contributed by atoms with Crippen LogP contribution in [0.25, 0.3) is 0 Å². The number of aryl methyl sites for hydroxylation is 1. The Kier molecular flexibility index (Phi) is 3.46. The highest BCUT2D eigenvalue weighted by Crippen LogP contribution is 2.46. The molecule has 0 saturated carbocycles. The molecule has 2 rings (SSSR count). The van der Waals surface area contributed by atoms with E-state index in [2.05, 4.69) is 39.8 Å². The van der Waals surface area contributed by atoms with Crippen LogP contribution in [0, 0.1) is 12.8 Å². The molecular weight excluding hydrogens is 208 g/mol. The molecule has 0 saturated heterocycles. The van der Waals surface area contributed by atoms with Crippen LogP contribution in [-0.2, 0) is 0 Å². The number of hydrogen-bond donors (Lipinski definition) is 0. The third-order valence-corrected chi connectivity index (χ3v) is 4.15. The van der Waals surface area contributed by atoms with E-state index in [0.717, 1.165) is 5.75 Å². The van der Waals surface area contributed by atoms with E-state index in [1.807, 2.05) is 0 Å². The Morgan fingerprint density at radius 2 is 1.94 bits per heavy atom. The molecule has 0 bridgehead atoms. The highest BCUT2D eigenvalue weighted by Gasteiger charge is 2.29. The molecule has 17 heavy (non-hydrogen) atoms. The quantitative estimate of drug-likeness (QED) is 0.721. The average molecular weight is 232 g/mol. The summed E-state index contributed by atoms with van der Waals surface area (Å²) >= 11 is 0. The van der Waals surface area contributed by atoms with E-state index in [4.69, 9.17) is 4.74 Å². The van der Waals surface area contributed by atoms with Gasteiger partial charge in [-0.15, -0.1) is 0 Å². The third-order valence-electron chi connectivity index (χ3n) is 4.15. The van der Waals surface area contributed by atoms with E-state index in [9.17, 15) is 0 Å². The lowest BCUT2D eigenvalue weighted by atomic mass is 9.72. The maximum atomic E-state index is 5.59. The molecule has 94 valence electrons. The first kappa shape index (κ1) is 12.5. The fraction of sp³-hybridized carbons (Fsp3) is 0.625. The molecule has 0 fully saturated rings. The second-order valence-electron chi connectivity index (χ2n) is 5.80. The molecule has 1 heteroatoms. The largest absolute Gasteiger partial charge is 0.496 e. The number of ether oxygens (including phenoxy) is 1. The van der Waals surface area contributed by atoms with Gasteiger partial charge in [0.15, 0.2) is 0 Å². The van der Waals surface area contributed by atoms with Gasteiger partial charge in [-0.25, -0.2) is 0 Å². The van der Waals surface area contributed by atoms with Crippen molar-refractivity contribution in [2.24, 2.45) is 5.92 Å². The number of rotatable bonds is 2. The number of methoxy groups -OCH3 is 1. The number of fused-ring (bicyclic) bond motifs is 1. The van der Waals surface area contributed by atoms with Gasteiger partial charge >= 0.3 is 0 Å². The van der Waals surface area contributed by atoms with Gasteiger partial charge in [0, 0.05) is 5.56 Å². The number of hydrogen-bond acceptors (Lipinski definition) is 1. The molecule has 1 aliphatic carbocycles. The van der Waals surface area contributed by atoms with Crippen LogP contribution in [0.4, 0.5) is 0 Å². The molecule has 0 aliphatic heterocycles. The molecule has 1 aromatic rings. The van der Waals surface area contributed by atoms with E-state index in [0.29, 0.717) is 17.8 Å². The predicted octanol–water partition coefficient (Wildman–Crippen LogP) is 4.64. The van der Waals surface area contributed by atoms with Crippen molar-refractivity contribution in [2.45, 2.75) is 52.4 Å². The van der Waals surface area contributed by atoms with Gasteiger partial charge in [0.2, 0.25) is 0 Å². The van der Waals surface area contributed by atoms with E-state index < -0.39 is 0 Å². The van der Waals surface area contributed by atoms with Crippen molar-refractivity contribution in [3.63, 3.8) is 0 Å². The summed E-state index contributed by atoms with van der Waals surface area (Å²) in [6.07, 6.45) is 2.60. The first-order chi connectivity index (χ1) is 8.04. The fourth-order valence-electron chi connectivity index (χ4n) is 3.22. The molecule has 0 amide bonds. The van der Waals surface area contributed by atoms with Gasteiger partial charge in [-0.05, 0) is 54.7 Å². The normalized spacial score (nSPS) is 23.6. The zero-order valence-corrected chi connectivity index (χ0v) is 11.7. The summed E-state index contributed by atoms with van der Waals surface area (Å²) in [6.45, 7) is 9.16. The number of benzene rings is 1. The van der Waals surface area contributed by atoms with Crippen molar-refractivity contribution in [3.8, 4) is 5.75 Å². The molecule has 1 nitrogen and oxygen atoms in total. The molecule has 2 atom stereocenters. The minimum Gasteiger partial charge on any atom is -0.496 e. The molecule has 0 N–H and O–H groups in total. The van der Waals surface area contributed by atoms with Gasteiger partial charge in [-0.3, -0.25) is 0 Å². The lowest BCUT2D eigenvalue weighted by molar-refractivity contribution is 0.375. The molecule has 1 aromatic carbocycles. The van der Waals surface area contributed by atoms with Crippen molar-refractivity contribution in [2.75, 3.05) is 7.11 Å². The van der Waals surface area contributed by atoms with Crippen molar-refractivity contribution < 1.29 is 4.74 Å². The summed E-state index contributed by atoms with van der Waals surface area (Å²) in [7, 11) is 1.79. The molecule has 0 unspecified atom stereocenters. The van der Waals surface area contributed by atoms with Crippen LogP contribution in [-0.4, -0.2) is 7.11 Å². The Labute approximate surface area is 105 Å².